The Morgan fingerprint density at radius 1 is 0.946 bits per heavy atom. The van der Waals surface area contributed by atoms with Crippen LogP contribution >= 0.6 is 11.3 Å². The van der Waals surface area contributed by atoms with E-state index in [1.54, 1.807) is 16.2 Å². The number of hydrogen-bond donors (Lipinski definition) is 0. The molecule has 2 aromatic heterocycles. The first-order valence-corrected chi connectivity index (χ1v) is 13.4. The number of piperazine rings is 1. The smallest absolute Gasteiger partial charge is 0.410 e. The number of ether oxygens (including phenoxy) is 2. The average Bonchev–Trinajstić information content (AvgIpc) is 3.32. The zero-order valence-corrected chi connectivity index (χ0v) is 22.9. The number of hydrogen-bond acceptors (Lipinski definition) is 11. The van der Waals surface area contributed by atoms with Crippen molar-refractivity contribution in [2.45, 2.75) is 26.4 Å². The molecule has 1 amide bonds. The van der Waals surface area contributed by atoms with Gasteiger partial charge < -0.3 is 29.1 Å². The number of rotatable bonds is 4. The van der Waals surface area contributed by atoms with E-state index in [1.807, 2.05) is 51.9 Å². The number of nitrogens with zero attached hydrogens (tertiary/aromatic N) is 8. The summed E-state index contributed by atoms with van der Waals surface area (Å²) in [6, 6.07) is 6.14. The van der Waals surface area contributed by atoms with Crippen molar-refractivity contribution in [3.63, 3.8) is 0 Å². The highest BCUT2D eigenvalue weighted by Crippen LogP contribution is 2.31. The lowest BCUT2D eigenvalue weighted by molar-refractivity contribution is 0.0240. The summed E-state index contributed by atoms with van der Waals surface area (Å²) >= 11 is 1.64. The van der Waals surface area contributed by atoms with Crippen LogP contribution in [0.25, 0.3) is 21.6 Å². The van der Waals surface area contributed by atoms with Crippen LogP contribution in [-0.2, 0) is 9.47 Å². The number of anilines is 3. The number of carbonyl (C=O) groups is 1. The van der Waals surface area contributed by atoms with E-state index in [2.05, 4.69) is 15.9 Å². The Morgan fingerprint density at radius 2 is 1.59 bits per heavy atom. The van der Waals surface area contributed by atoms with Gasteiger partial charge >= 0.3 is 6.09 Å². The van der Waals surface area contributed by atoms with E-state index in [-0.39, 0.29) is 6.09 Å². The van der Waals surface area contributed by atoms with Gasteiger partial charge in [0.25, 0.3) is 0 Å². The number of carbonyl (C=O) groups excluding carboxylic acids is 1. The predicted molar refractivity (Wildman–Crippen MR) is 146 cm³/mol. The Balaban J connectivity index is 1.43. The van der Waals surface area contributed by atoms with Crippen LogP contribution in [0.4, 0.5) is 21.8 Å². The van der Waals surface area contributed by atoms with Gasteiger partial charge in [-0.05, 0) is 39.0 Å². The fourth-order valence-electron chi connectivity index (χ4n) is 4.19. The maximum atomic E-state index is 12.5. The zero-order valence-electron chi connectivity index (χ0n) is 22.1. The van der Waals surface area contributed by atoms with Gasteiger partial charge in [0.1, 0.15) is 5.60 Å². The maximum absolute atomic E-state index is 12.5. The molecule has 0 N–H and O–H groups in total. The first-order valence-electron chi connectivity index (χ1n) is 12.6. The molecule has 0 spiro atoms. The number of aromatic nitrogens is 4. The summed E-state index contributed by atoms with van der Waals surface area (Å²) < 4.78 is 12.2. The molecule has 0 atom stereocenters. The summed E-state index contributed by atoms with van der Waals surface area (Å²) in [5, 5.41) is 0.959. The molecular weight excluding hydrogens is 492 g/mol. The second-order valence-electron chi connectivity index (χ2n) is 10.4. The molecule has 2 saturated heterocycles. The zero-order chi connectivity index (χ0) is 26.2. The fraction of sp³-hybridized carbons (Fsp3) is 0.560. The Hall–Kier alpha value is -3.25. The van der Waals surface area contributed by atoms with Crippen LogP contribution in [0.2, 0.25) is 0 Å². The van der Waals surface area contributed by atoms with Crippen molar-refractivity contribution >= 4 is 44.7 Å². The third-order valence-electron chi connectivity index (χ3n) is 6.14. The standard InChI is InChI=1S/C25H34N8O3S/c1-25(2,3)36-24(34)33-10-8-31(9-11-33)21-27-20(28-22(29-21)32-12-14-35-15-13-32)17-6-7-18-19(16-17)37-23(26-18)30(4)5/h6-7,16H,8-15H2,1-5H3. The van der Waals surface area contributed by atoms with Crippen LogP contribution in [0, 0.1) is 0 Å². The first kappa shape index (κ1) is 25.4. The molecule has 1 aromatic carbocycles. The summed E-state index contributed by atoms with van der Waals surface area (Å²) in [5.74, 6) is 1.90. The number of fused-ring (bicyclic) bond motifs is 1. The summed E-state index contributed by atoms with van der Waals surface area (Å²) in [5.41, 5.74) is 1.36. The summed E-state index contributed by atoms with van der Waals surface area (Å²) in [7, 11) is 3.99. The van der Waals surface area contributed by atoms with E-state index < -0.39 is 5.60 Å². The highest BCUT2D eigenvalue weighted by Gasteiger charge is 2.28. The molecule has 5 rings (SSSR count). The monoisotopic (exact) mass is 526 g/mol. The molecule has 0 aliphatic carbocycles. The Labute approximate surface area is 221 Å². The lowest BCUT2D eigenvalue weighted by Gasteiger charge is -2.36. The fourth-order valence-corrected chi connectivity index (χ4v) is 5.11. The van der Waals surface area contributed by atoms with Gasteiger partial charge in [-0.2, -0.15) is 15.0 Å². The van der Waals surface area contributed by atoms with Gasteiger partial charge in [0.05, 0.1) is 23.4 Å². The summed E-state index contributed by atoms with van der Waals surface area (Å²) in [6.45, 7) is 10.7. The van der Waals surface area contributed by atoms with Gasteiger partial charge in [0.2, 0.25) is 11.9 Å². The molecule has 0 unspecified atom stereocenters. The number of benzene rings is 1. The third kappa shape index (κ3) is 5.85. The highest BCUT2D eigenvalue weighted by atomic mass is 32.1. The van der Waals surface area contributed by atoms with Crippen LogP contribution in [0.15, 0.2) is 18.2 Å². The molecule has 37 heavy (non-hydrogen) atoms. The summed E-state index contributed by atoms with van der Waals surface area (Å²) in [6.07, 6.45) is -0.285. The van der Waals surface area contributed by atoms with Crippen LogP contribution in [0.5, 0.6) is 0 Å². The molecule has 198 valence electrons. The highest BCUT2D eigenvalue weighted by molar-refractivity contribution is 7.22. The lowest BCUT2D eigenvalue weighted by Crippen LogP contribution is -2.50. The van der Waals surface area contributed by atoms with Gasteiger partial charge in [0, 0.05) is 58.9 Å². The topological polar surface area (TPSA) is 100 Å². The number of morpholine rings is 1. The third-order valence-corrected chi connectivity index (χ3v) is 7.32. The van der Waals surface area contributed by atoms with Crippen LogP contribution in [0.3, 0.4) is 0 Å². The summed E-state index contributed by atoms with van der Waals surface area (Å²) in [4.78, 5) is 39.8. The van der Waals surface area contributed by atoms with Crippen molar-refractivity contribution in [3.8, 4) is 11.4 Å². The van der Waals surface area contributed by atoms with Crippen molar-refractivity contribution in [2.24, 2.45) is 0 Å². The van der Waals surface area contributed by atoms with Crippen molar-refractivity contribution in [3.05, 3.63) is 18.2 Å². The van der Waals surface area contributed by atoms with E-state index in [9.17, 15) is 4.79 Å². The van der Waals surface area contributed by atoms with Gasteiger partial charge in [-0.15, -0.1) is 0 Å². The van der Waals surface area contributed by atoms with Crippen molar-refractivity contribution in [1.29, 1.82) is 0 Å². The molecule has 4 heterocycles. The van der Waals surface area contributed by atoms with Crippen molar-refractivity contribution in [2.75, 3.05) is 81.3 Å². The minimum Gasteiger partial charge on any atom is -0.444 e. The minimum absolute atomic E-state index is 0.285. The van der Waals surface area contributed by atoms with Crippen molar-refractivity contribution < 1.29 is 14.3 Å². The molecule has 3 aromatic rings. The average molecular weight is 527 g/mol. The van der Waals surface area contributed by atoms with Crippen LogP contribution < -0.4 is 14.7 Å². The van der Waals surface area contributed by atoms with Gasteiger partial charge in [-0.1, -0.05) is 11.3 Å². The molecule has 2 aliphatic rings. The largest absolute Gasteiger partial charge is 0.444 e. The number of amides is 1. The van der Waals surface area contributed by atoms with E-state index in [1.165, 1.54) is 0 Å². The first-order chi connectivity index (χ1) is 17.7. The number of thiazole rings is 1. The predicted octanol–water partition coefficient (Wildman–Crippen LogP) is 3.11. The van der Waals surface area contributed by atoms with E-state index in [4.69, 9.17) is 29.4 Å². The van der Waals surface area contributed by atoms with Gasteiger partial charge in [-0.3, -0.25) is 0 Å². The van der Waals surface area contributed by atoms with Crippen LogP contribution in [-0.4, -0.2) is 103 Å². The molecule has 0 bridgehead atoms. The molecular formula is C25H34N8O3S. The molecule has 2 aliphatic heterocycles. The molecule has 0 radical (unpaired) electrons. The second kappa shape index (κ2) is 10.3. The van der Waals surface area contributed by atoms with Gasteiger partial charge in [0.15, 0.2) is 11.0 Å². The quantitative estimate of drug-likeness (QED) is 0.504. The SMILES string of the molecule is CN(C)c1nc2ccc(-c3nc(N4CCOCC4)nc(N4CCN(C(=O)OC(C)(C)C)CC4)n3)cc2s1. The minimum atomic E-state index is -0.517. The Bertz CT molecular complexity index is 1260. The maximum Gasteiger partial charge on any atom is 0.410 e. The molecule has 11 nitrogen and oxygen atoms in total. The van der Waals surface area contributed by atoms with E-state index >= 15 is 0 Å². The molecule has 0 saturated carbocycles. The normalized spacial score (nSPS) is 16.8. The Morgan fingerprint density at radius 3 is 2.22 bits per heavy atom. The lowest BCUT2D eigenvalue weighted by atomic mass is 10.2. The molecule has 2 fully saturated rings. The van der Waals surface area contributed by atoms with E-state index in [0.717, 1.165) is 34.0 Å². The van der Waals surface area contributed by atoms with Crippen LogP contribution in [0.1, 0.15) is 20.8 Å². The van der Waals surface area contributed by atoms with Gasteiger partial charge in [-0.25, -0.2) is 9.78 Å². The van der Waals surface area contributed by atoms with E-state index in [0.29, 0.717) is 57.1 Å². The molecule has 12 heteroatoms. The second-order valence-corrected chi connectivity index (χ2v) is 11.4. The Kier molecular flexibility index (Phi) is 7.04. The van der Waals surface area contributed by atoms with Crippen molar-refractivity contribution in [1.82, 2.24) is 24.8 Å².